The number of anilines is 1. The van der Waals surface area contributed by atoms with Gasteiger partial charge in [0.2, 0.25) is 5.91 Å². The molecular formula is C19H14FNO. The summed E-state index contributed by atoms with van der Waals surface area (Å²) >= 11 is 0. The van der Waals surface area contributed by atoms with Crippen molar-refractivity contribution in [1.82, 2.24) is 0 Å². The van der Waals surface area contributed by atoms with Gasteiger partial charge in [0.25, 0.3) is 0 Å². The van der Waals surface area contributed by atoms with E-state index >= 15 is 0 Å². The highest BCUT2D eigenvalue weighted by molar-refractivity contribution is 6.06. The predicted molar refractivity (Wildman–Crippen MR) is 85.4 cm³/mol. The summed E-state index contributed by atoms with van der Waals surface area (Å²) in [4.78, 5) is 12.1. The van der Waals surface area contributed by atoms with Crippen LogP contribution in [-0.2, 0) is 4.79 Å². The first-order valence-electron chi connectivity index (χ1n) is 7.29. The third-order valence-corrected chi connectivity index (χ3v) is 4.24. The average molecular weight is 291 g/mol. The van der Waals surface area contributed by atoms with Crippen LogP contribution >= 0.6 is 0 Å². The Hall–Kier alpha value is -2.68. The molecule has 3 heteroatoms. The van der Waals surface area contributed by atoms with Crippen molar-refractivity contribution in [3.8, 4) is 0 Å². The Bertz CT molecular complexity index is 887. The third kappa shape index (κ3) is 2.06. The molecule has 22 heavy (non-hydrogen) atoms. The van der Waals surface area contributed by atoms with E-state index in [1.807, 2.05) is 36.4 Å². The SMILES string of the molecule is O=C1CC(c2cccc(F)c2)c2ccc3ccccc3c2N1. The quantitative estimate of drug-likeness (QED) is 0.705. The molecule has 0 aliphatic carbocycles. The van der Waals surface area contributed by atoms with Crippen LogP contribution in [0.4, 0.5) is 10.1 Å². The van der Waals surface area contributed by atoms with Gasteiger partial charge in [-0.15, -0.1) is 0 Å². The lowest BCUT2D eigenvalue weighted by Crippen LogP contribution is -2.23. The zero-order valence-electron chi connectivity index (χ0n) is 11.8. The van der Waals surface area contributed by atoms with Gasteiger partial charge in [-0.05, 0) is 28.6 Å². The Balaban J connectivity index is 1.94. The fourth-order valence-corrected chi connectivity index (χ4v) is 3.22. The highest BCUT2D eigenvalue weighted by Crippen LogP contribution is 2.40. The number of amides is 1. The number of hydrogen-bond acceptors (Lipinski definition) is 1. The Morgan fingerprint density at radius 3 is 2.73 bits per heavy atom. The Morgan fingerprint density at radius 1 is 1.00 bits per heavy atom. The molecule has 0 bridgehead atoms. The van der Waals surface area contributed by atoms with Crippen molar-refractivity contribution < 1.29 is 9.18 Å². The van der Waals surface area contributed by atoms with E-state index in [4.69, 9.17) is 0 Å². The Labute approximate surface area is 127 Å². The summed E-state index contributed by atoms with van der Waals surface area (Å²) < 4.78 is 13.5. The van der Waals surface area contributed by atoms with Crippen molar-refractivity contribution in [1.29, 1.82) is 0 Å². The summed E-state index contributed by atoms with van der Waals surface area (Å²) in [5.41, 5.74) is 2.74. The zero-order valence-corrected chi connectivity index (χ0v) is 11.8. The molecule has 3 aromatic rings. The van der Waals surface area contributed by atoms with E-state index in [0.29, 0.717) is 6.42 Å². The molecule has 4 rings (SSSR count). The van der Waals surface area contributed by atoms with Crippen LogP contribution < -0.4 is 5.32 Å². The van der Waals surface area contributed by atoms with Gasteiger partial charge < -0.3 is 5.32 Å². The second-order valence-corrected chi connectivity index (χ2v) is 5.61. The molecule has 1 heterocycles. The van der Waals surface area contributed by atoms with Crippen LogP contribution in [0, 0.1) is 5.82 Å². The maximum absolute atomic E-state index is 13.5. The van der Waals surface area contributed by atoms with Crippen molar-refractivity contribution in [2.45, 2.75) is 12.3 Å². The van der Waals surface area contributed by atoms with Crippen LogP contribution in [0.5, 0.6) is 0 Å². The molecule has 0 aromatic heterocycles. The first kappa shape index (κ1) is 13.0. The van der Waals surface area contributed by atoms with Gasteiger partial charge >= 0.3 is 0 Å². The minimum atomic E-state index is -0.272. The molecule has 1 N–H and O–H groups in total. The van der Waals surface area contributed by atoms with Crippen molar-refractivity contribution in [2.24, 2.45) is 0 Å². The molecule has 1 aliphatic rings. The lowest BCUT2D eigenvalue weighted by atomic mass is 9.83. The van der Waals surface area contributed by atoms with Crippen LogP contribution in [0.2, 0.25) is 0 Å². The van der Waals surface area contributed by atoms with Crippen LogP contribution in [0.3, 0.4) is 0 Å². The van der Waals surface area contributed by atoms with Gasteiger partial charge in [-0.2, -0.15) is 0 Å². The fourth-order valence-electron chi connectivity index (χ4n) is 3.22. The monoisotopic (exact) mass is 291 g/mol. The van der Waals surface area contributed by atoms with E-state index in [1.165, 1.54) is 12.1 Å². The van der Waals surface area contributed by atoms with Gasteiger partial charge in [0.05, 0.1) is 5.69 Å². The van der Waals surface area contributed by atoms with E-state index < -0.39 is 0 Å². The first-order chi connectivity index (χ1) is 10.7. The Kier molecular flexibility index (Phi) is 2.93. The molecule has 1 unspecified atom stereocenters. The number of rotatable bonds is 1. The van der Waals surface area contributed by atoms with Crippen molar-refractivity contribution in [3.05, 3.63) is 77.6 Å². The molecular weight excluding hydrogens is 277 g/mol. The predicted octanol–water partition coefficient (Wildman–Crippen LogP) is 4.45. The molecule has 0 saturated carbocycles. The smallest absolute Gasteiger partial charge is 0.225 e. The minimum Gasteiger partial charge on any atom is -0.325 e. The molecule has 0 radical (unpaired) electrons. The van der Waals surface area contributed by atoms with E-state index in [2.05, 4.69) is 11.4 Å². The van der Waals surface area contributed by atoms with Crippen molar-refractivity contribution in [2.75, 3.05) is 5.32 Å². The third-order valence-electron chi connectivity index (χ3n) is 4.24. The summed E-state index contributed by atoms with van der Waals surface area (Å²) in [6, 6.07) is 18.6. The average Bonchev–Trinajstić information content (AvgIpc) is 2.54. The highest BCUT2D eigenvalue weighted by atomic mass is 19.1. The molecule has 3 aromatic carbocycles. The normalized spacial score (nSPS) is 17.1. The summed E-state index contributed by atoms with van der Waals surface area (Å²) in [5.74, 6) is -0.409. The molecule has 0 spiro atoms. The van der Waals surface area contributed by atoms with E-state index in [0.717, 1.165) is 27.6 Å². The lowest BCUT2D eigenvalue weighted by molar-refractivity contribution is -0.116. The van der Waals surface area contributed by atoms with Crippen molar-refractivity contribution >= 4 is 22.4 Å². The van der Waals surface area contributed by atoms with E-state index in [9.17, 15) is 9.18 Å². The Morgan fingerprint density at radius 2 is 1.86 bits per heavy atom. The number of fused-ring (bicyclic) bond motifs is 3. The van der Waals surface area contributed by atoms with E-state index in [1.54, 1.807) is 6.07 Å². The zero-order chi connectivity index (χ0) is 15.1. The maximum Gasteiger partial charge on any atom is 0.225 e. The number of carbonyl (C=O) groups is 1. The molecule has 0 fully saturated rings. The minimum absolute atomic E-state index is 0.0295. The molecule has 1 atom stereocenters. The van der Waals surface area contributed by atoms with Gasteiger partial charge in [0, 0.05) is 17.7 Å². The number of halogens is 1. The molecule has 1 aliphatic heterocycles. The van der Waals surface area contributed by atoms with Crippen LogP contribution in [0.15, 0.2) is 60.7 Å². The van der Waals surface area contributed by atoms with Crippen LogP contribution in [-0.4, -0.2) is 5.91 Å². The number of nitrogens with one attached hydrogen (secondary N) is 1. The van der Waals surface area contributed by atoms with Gasteiger partial charge in [-0.1, -0.05) is 48.5 Å². The second-order valence-electron chi connectivity index (χ2n) is 5.61. The van der Waals surface area contributed by atoms with E-state index in [-0.39, 0.29) is 17.6 Å². The maximum atomic E-state index is 13.5. The topological polar surface area (TPSA) is 29.1 Å². The van der Waals surface area contributed by atoms with Gasteiger partial charge in [-0.25, -0.2) is 4.39 Å². The second kappa shape index (κ2) is 4.95. The number of benzene rings is 3. The number of hydrogen-bond donors (Lipinski definition) is 1. The molecule has 108 valence electrons. The lowest BCUT2D eigenvalue weighted by Gasteiger charge is -2.27. The summed E-state index contributed by atoms with van der Waals surface area (Å²) in [5, 5.41) is 5.09. The number of carbonyl (C=O) groups excluding carboxylic acids is 1. The summed E-state index contributed by atoms with van der Waals surface area (Å²) in [7, 11) is 0. The largest absolute Gasteiger partial charge is 0.325 e. The molecule has 0 saturated heterocycles. The van der Waals surface area contributed by atoms with Crippen LogP contribution in [0.25, 0.3) is 10.8 Å². The summed E-state index contributed by atoms with van der Waals surface area (Å²) in [6.45, 7) is 0. The standard InChI is InChI=1S/C19H14FNO/c20-14-6-3-5-13(10-14)17-11-18(22)21-19-15-7-2-1-4-12(15)8-9-16(17)19/h1-10,17H,11H2,(H,21,22). The molecule has 1 amide bonds. The fraction of sp³-hybridized carbons (Fsp3) is 0.105. The summed E-state index contributed by atoms with van der Waals surface area (Å²) in [6.07, 6.45) is 0.342. The van der Waals surface area contributed by atoms with Crippen molar-refractivity contribution in [3.63, 3.8) is 0 Å². The van der Waals surface area contributed by atoms with Gasteiger partial charge in [0.15, 0.2) is 0 Å². The van der Waals surface area contributed by atoms with Crippen LogP contribution in [0.1, 0.15) is 23.5 Å². The molecule has 2 nitrogen and oxygen atoms in total. The van der Waals surface area contributed by atoms with Gasteiger partial charge in [-0.3, -0.25) is 4.79 Å². The highest BCUT2D eigenvalue weighted by Gasteiger charge is 2.27. The van der Waals surface area contributed by atoms with Gasteiger partial charge in [0.1, 0.15) is 5.82 Å². The first-order valence-corrected chi connectivity index (χ1v) is 7.29.